The van der Waals surface area contributed by atoms with E-state index in [9.17, 15) is 0 Å². The highest BCUT2D eigenvalue weighted by molar-refractivity contribution is 5.51. The SMILES string of the molecule is c1ccc([NH+](c2ccccc2)c2ccc([NH+](c3ccccc3)c3ccccc3)cc2)cc1. The number of benzene rings is 5. The molecule has 0 saturated heterocycles. The predicted molar refractivity (Wildman–Crippen MR) is 132 cm³/mol. The van der Waals surface area contributed by atoms with Crippen molar-refractivity contribution in [1.82, 2.24) is 0 Å². The predicted octanol–water partition coefficient (Wildman–Crippen LogP) is 6.05. The first-order valence-corrected chi connectivity index (χ1v) is 11.0. The van der Waals surface area contributed by atoms with Crippen molar-refractivity contribution >= 4 is 34.1 Å². The van der Waals surface area contributed by atoms with Crippen molar-refractivity contribution < 1.29 is 9.80 Å². The molecule has 0 unspecified atom stereocenters. The van der Waals surface area contributed by atoms with E-state index < -0.39 is 0 Å². The summed E-state index contributed by atoms with van der Waals surface area (Å²) in [6, 6.07) is 51.5. The van der Waals surface area contributed by atoms with Gasteiger partial charge in [0.2, 0.25) is 0 Å². The van der Waals surface area contributed by atoms with Gasteiger partial charge in [0.05, 0.1) is 0 Å². The molecule has 5 rings (SSSR count). The highest BCUT2D eigenvalue weighted by Crippen LogP contribution is 2.19. The van der Waals surface area contributed by atoms with Gasteiger partial charge in [0.1, 0.15) is 34.1 Å². The summed E-state index contributed by atoms with van der Waals surface area (Å²) < 4.78 is 0. The summed E-state index contributed by atoms with van der Waals surface area (Å²) in [4.78, 5) is 2.50. The van der Waals surface area contributed by atoms with Crippen molar-refractivity contribution in [1.29, 1.82) is 0 Å². The van der Waals surface area contributed by atoms with Crippen LogP contribution in [0, 0.1) is 0 Å². The highest BCUT2D eigenvalue weighted by Gasteiger charge is 2.22. The molecule has 0 fully saturated rings. The molecule has 0 aliphatic rings. The van der Waals surface area contributed by atoms with Crippen molar-refractivity contribution in [2.75, 3.05) is 0 Å². The second-order valence-electron chi connectivity index (χ2n) is 7.79. The minimum atomic E-state index is 1.21. The lowest BCUT2D eigenvalue weighted by atomic mass is 10.1. The van der Waals surface area contributed by atoms with Gasteiger partial charge >= 0.3 is 0 Å². The first kappa shape index (κ1) is 20.0. The second kappa shape index (κ2) is 9.44. The number of quaternary nitrogens is 2. The maximum atomic E-state index is 2.25. The molecule has 0 aliphatic heterocycles. The van der Waals surface area contributed by atoms with Gasteiger partial charge in [0.25, 0.3) is 0 Å². The Balaban J connectivity index is 1.57. The molecule has 2 heteroatoms. The lowest BCUT2D eigenvalue weighted by Gasteiger charge is -2.21. The fraction of sp³-hybridized carbons (Fsp3) is 0. The van der Waals surface area contributed by atoms with Crippen LogP contribution < -0.4 is 9.80 Å². The van der Waals surface area contributed by atoms with Crippen LogP contribution in [-0.4, -0.2) is 0 Å². The van der Waals surface area contributed by atoms with Crippen molar-refractivity contribution in [3.63, 3.8) is 0 Å². The highest BCUT2D eigenvalue weighted by atomic mass is 15.2. The summed E-state index contributed by atoms with van der Waals surface area (Å²) in [6.45, 7) is 0. The summed E-state index contributed by atoms with van der Waals surface area (Å²) in [6.07, 6.45) is 0. The monoisotopic (exact) mass is 414 g/mol. The molecular weight excluding hydrogens is 388 g/mol. The van der Waals surface area contributed by atoms with Crippen LogP contribution in [0.4, 0.5) is 34.1 Å². The van der Waals surface area contributed by atoms with E-state index in [2.05, 4.69) is 146 Å². The van der Waals surface area contributed by atoms with Gasteiger partial charge in [-0.1, -0.05) is 72.8 Å². The van der Waals surface area contributed by atoms with E-state index in [1.807, 2.05) is 0 Å². The zero-order valence-corrected chi connectivity index (χ0v) is 17.9. The molecule has 5 aromatic carbocycles. The number of rotatable bonds is 6. The zero-order valence-electron chi connectivity index (χ0n) is 17.9. The van der Waals surface area contributed by atoms with Gasteiger partial charge in [0.15, 0.2) is 0 Å². The van der Waals surface area contributed by atoms with Gasteiger partial charge in [-0.05, 0) is 48.5 Å². The average molecular weight is 415 g/mol. The average Bonchev–Trinajstić information content (AvgIpc) is 2.88. The van der Waals surface area contributed by atoms with Crippen LogP contribution in [0.15, 0.2) is 146 Å². The molecule has 0 heterocycles. The Hall–Kier alpha value is -3.98. The summed E-state index contributed by atoms with van der Waals surface area (Å²) in [5.74, 6) is 0. The zero-order chi connectivity index (χ0) is 21.6. The Kier molecular flexibility index (Phi) is 5.89. The molecule has 154 valence electrons. The first-order chi connectivity index (χ1) is 15.9. The van der Waals surface area contributed by atoms with Crippen LogP contribution in [0.2, 0.25) is 0 Å². The van der Waals surface area contributed by atoms with Gasteiger partial charge < -0.3 is 0 Å². The number of hydrogen-bond donors (Lipinski definition) is 2. The molecule has 0 atom stereocenters. The summed E-state index contributed by atoms with van der Waals surface area (Å²) in [5.41, 5.74) is 7.32. The molecule has 0 bridgehead atoms. The molecule has 0 amide bonds. The summed E-state index contributed by atoms with van der Waals surface area (Å²) in [5, 5.41) is 0. The minimum absolute atomic E-state index is 1.21. The molecule has 2 nitrogen and oxygen atoms in total. The van der Waals surface area contributed by atoms with Gasteiger partial charge in [0, 0.05) is 24.3 Å². The maximum absolute atomic E-state index is 2.25. The van der Waals surface area contributed by atoms with E-state index in [1.54, 1.807) is 0 Å². The van der Waals surface area contributed by atoms with Crippen LogP contribution in [0.1, 0.15) is 0 Å². The lowest BCUT2D eigenvalue weighted by Crippen LogP contribution is -2.97. The van der Waals surface area contributed by atoms with Crippen LogP contribution in [0.3, 0.4) is 0 Å². The molecule has 0 aliphatic carbocycles. The van der Waals surface area contributed by atoms with E-state index >= 15 is 0 Å². The topological polar surface area (TPSA) is 8.88 Å². The van der Waals surface area contributed by atoms with Crippen LogP contribution in [-0.2, 0) is 0 Å². The van der Waals surface area contributed by atoms with Crippen LogP contribution >= 0.6 is 0 Å². The standard InChI is InChI=1S/C30H24N2/c1-5-13-25(14-6-1)31(26-15-7-2-8-16-26)29-21-23-30(24-22-29)32(27-17-9-3-10-18-27)28-19-11-4-12-20-28/h1-24H/p+2. The Morgan fingerprint density at radius 3 is 0.625 bits per heavy atom. The van der Waals surface area contributed by atoms with E-state index in [0.29, 0.717) is 0 Å². The molecule has 0 radical (unpaired) electrons. The van der Waals surface area contributed by atoms with Gasteiger partial charge in [-0.3, -0.25) is 0 Å². The third-order valence-corrected chi connectivity index (χ3v) is 5.71. The van der Waals surface area contributed by atoms with Crippen molar-refractivity contribution in [2.45, 2.75) is 0 Å². The van der Waals surface area contributed by atoms with Gasteiger partial charge in [-0.15, -0.1) is 0 Å². The minimum Gasteiger partial charge on any atom is -0.238 e. The fourth-order valence-corrected chi connectivity index (χ4v) is 4.22. The Morgan fingerprint density at radius 2 is 0.406 bits per heavy atom. The quantitative estimate of drug-likeness (QED) is 0.335. The number of nitrogens with one attached hydrogen (secondary N) is 2. The van der Waals surface area contributed by atoms with E-state index in [-0.39, 0.29) is 0 Å². The summed E-state index contributed by atoms with van der Waals surface area (Å²) in [7, 11) is 0. The van der Waals surface area contributed by atoms with Crippen molar-refractivity contribution in [3.8, 4) is 0 Å². The Bertz CT molecular complexity index is 1060. The van der Waals surface area contributed by atoms with Gasteiger partial charge in [-0.2, -0.15) is 0 Å². The molecule has 0 spiro atoms. The smallest absolute Gasteiger partial charge is 0.141 e. The normalized spacial score (nSPS) is 11.1. The number of para-hydroxylation sites is 4. The molecule has 5 aromatic rings. The molecule has 2 N–H and O–H groups in total. The molecule has 0 saturated carbocycles. The van der Waals surface area contributed by atoms with E-state index in [4.69, 9.17) is 0 Å². The third-order valence-electron chi connectivity index (χ3n) is 5.71. The molecule has 32 heavy (non-hydrogen) atoms. The second-order valence-corrected chi connectivity index (χ2v) is 7.79. The van der Waals surface area contributed by atoms with Crippen LogP contribution in [0.5, 0.6) is 0 Å². The fourth-order valence-electron chi connectivity index (χ4n) is 4.22. The van der Waals surface area contributed by atoms with E-state index in [1.165, 1.54) is 43.9 Å². The van der Waals surface area contributed by atoms with Crippen molar-refractivity contribution in [2.24, 2.45) is 0 Å². The largest absolute Gasteiger partial charge is 0.238 e. The van der Waals surface area contributed by atoms with E-state index in [0.717, 1.165) is 0 Å². The van der Waals surface area contributed by atoms with Crippen molar-refractivity contribution in [3.05, 3.63) is 146 Å². The third kappa shape index (κ3) is 4.23. The lowest BCUT2D eigenvalue weighted by molar-refractivity contribution is -0.684. The molecule has 0 aromatic heterocycles. The first-order valence-electron chi connectivity index (χ1n) is 11.0. The molecular formula is C30H26N2+2. The maximum Gasteiger partial charge on any atom is 0.141 e. The van der Waals surface area contributed by atoms with Gasteiger partial charge in [-0.25, -0.2) is 9.80 Å². The Labute approximate surface area is 189 Å². The summed E-state index contributed by atoms with van der Waals surface area (Å²) >= 11 is 0. The Morgan fingerprint density at radius 1 is 0.219 bits per heavy atom. The van der Waals surface area contributed by atoms with Crippen LogP contribution in [0.25, 0.3) is 0 Å². The number of hydrogen-bond acceptors (Lipinski definition) is 0.